The Morgan fingerprint density at radius 2 is 2.28 bits per heavy atom. The fourth-order valence-electron chi connectivity index (χ4n) is 2.62. The predicted molar refractivity (Wildman–Crippen MR) is 72.7 cm³/mol. The highest BCUT2D eigenvalue weighted by atomic mass is 16.1. The van der Waals surface area contributed by atoms with Crippen LogP contribution < -0.4 is 10.6 Å². The maximum absolute atomic E-state index is 12.2. The first kappa shape index (κ1) is 12.9. The van der Waals surface area contributed by atoms with Gasteiger partial charge in [-0.1, -0.05) is 19.8 Å². The number of pyridine rings is 1. The molecule has 2 atom stereocenters. The van der Waals surface area contributed by atoms with Gasteiger partial charge < -0.3 is 10.6 Å². The quantitative estimate of drug-likeness (QED) is 0.862. The summed E-state index contributed by atoms with van der Waals surface area (Å²) in [5.41, 5.74) is 1.45. The van der Waals surface area contributed by atoms with Gasteiger partial charge in [0.05, 0.1) is 17.4 Å². The average molecular weight is 247 g/mol. The maximum atomic E-state index is 12.2. The van der Waals surface area contributed by atoms with E-state index in [1.54, 1.807) is 25.5 Å². The summed E-state index contributed by atoms with van der Waals surface area (Å²) < 4.78 is 0. The van der Waals surface area contributed by atoms with Crippen LogP contribution in [0.1, 0.15) is 43.0 Å². The highest BCUT2D eigenvalue weighted by Gasteiger charge is 2.21. The minimum Gasteiger partial charge on any atom is -0.386 e. The first-order valence-electron chi connectivity index (χ1n) is 6.63. The Balaban J connectivity index is 2.03. The molecule has 2 rings (SSSR count). The molecule has 4 nitrogen and oxygen atoms in total. The maximum Gasteiger partial charge on any atom is 0.253 e. The number of amides is 1. The van der Waals surface area contributed by atoms with Crippen molar-refractivity contribution in [3.05, 3.63) is 24.0 Å². The Kier molecular flexibility index (Phi) is 4.18. The molecule has 4 heteroatoms. The molecule has 1 heterocycles. The second-order valence-corrected chi connectivity index (χ2v) is 5.11. The summed E-state index contributed by atoms with van der Waals surface area (Å²) in [4.78, 5) is 16.2. The number of aromatic nitrogens is 1. The minimum absolute atomic E-state index is 0.000787. The van der Waals surface area contributed by atoms with E-state index in [2.05, 4.69) is 22.5 Å². The van der Waals surface area contributed by atoms with Gasteiger partial charge in [-0.15, -0.1) is 0 Å². The molecule has 0 spiro atoms. The van der Waals surface area contributed by atoms with Crippen molar-refractivity contribution in [3.8, 4) is 0 Å². The fourth-order valence-corrected chi connectivity index (χ4v) is 2.62. The van der Waals surface area contributed by atoms with E-state index in [-0.39, 0.29) is 5.91 Å². The van der Waals surface area contributed by atoms with Crippen LogP contribution in [-0.2, 0) is 0 Å². The number of nitrogens with one attached hydrogen (secondary N) is 2. The van der Waals surface area contributed by atoms with Gasteiger partial charge in [0, 0.05) is 19.3 Å². The summed E-state index contributed by atoms with van der Waals surface area (Å²) in [5, 5.41) is 6.13. The molecule has 1 aromatic heterocycles. The van der Waals surface area contributed by atoms with E-state index in [1.807, 2.05) is 0 Å². The largest absolute Gasteiger partial charge is 0.386 e. The molecule has 2 unspecified atom stereocenters. The molecule has 1 aliphatic carbocycles. The second kappa shape index (κ2) is 5.85. The van der Waals surface area contributed by atoms with Crippen molar-refractivity contribution in [2.45, 2.75) is 38.6 Å². The van der Waals surface area contributed by atoms with Gasteiger partial charge in [-0.3, -0.25) is 9.78 Å². The lowest BCUT2D eigenvalue weighted by Crippen LogP contribution is -2.38. The van der Waals surface area contributed by atoms with Gasteiger partial charge in [0.2, 0.25) is 0 Å². The topological polar surface area (TPSA) is 54.0 Å². The standard InChI is InChI=1S/C14H21N3O/c1-10-4-3-5-11(8-10)17-14(18)12-6-7-16-9-13(12)15-2/h6-7,9-11,15H,3-5,8H2,1-2H3,(H,17,18). The van der Waals surface area contributed by atoms with E-state index in [9.17, 15) is 4.79 Å². The summed E-state index contributed by atoms with van der Waals surface area (Å²) >= 11 is 0. The molecule has 1 amide bonds. The lowest BCUT2D eigenvalue weighted by atomic mass is 9.87. The van der Waals surface area contributed by atoms with E-state index in [0.717, 1.165) is 18.5 Å². The van der Waals surface area contributed by atoms with Gasteiger partial charge >= 0.3 is 0 Å². The number of hydrogen-bond donors (Lipinski definition) is 2. The van der Waals surface area contributed by atoms with E-state index in [1.165, 1.54) is 12.8 Å². The Hall–Kier alpha value is -1.58. The van der Waals surface area contributed by atoms with Crippen LogP contribution in [0, 0.1) is 5.92 Å². The minimum atomic E-state index is 0.000787. The van der Waals surface area contributed by atoms with Gasteiger partial charge in [-0.25, -0.2) is 0 Å². The molecular formula is C14H21N3O. The van der Waals surface area contributed by atoms with Crippen LogP contribution >= 0.6 is 0 Å². The van der Waals surface area contributed by atoms with Gasteiger partial charge in [0.1, 0.15) is 0 Å². The molecule has 0 bridgehead atoms. The third kappa shape index (κ3) is 3.00. The van der Waals surface area contributed by atoms with E-state index in [4.69, 9.17) is 0 Å². The normalized spacial score (nSPS) is 23.4. The Bertz CT molecular complexity index is 419. The second-order valence-electron chi connectivity index (χ2n) is 5.11. The Morgan fingerprint density at radius 3 is 3.00 bits per heavy atom. The highest BCUT2D eigenvalue weighted by molar-refractivity contribution is 5.99. The molecule has 1 saturated carbocycles. The molecule has 98 valence electrons. The van der Waals surface area contributed by atoms with E-state index in [0.29, 0.717) is 17.5 Å². The zero-order valence-corrected chi connectivity index (χ0v) is 11.1. The van der Waals surface area contributed by atoms with Crippen molar-refractivity contribution < 1.29 is 4.79 Å². The lowest BCUT2D eigenvalue weighted by Gasteiger charge is -2.27. The molecule has 1 aliphatic rings. The highest BCUT2D eigenvalue weighted by Crippen LogP contribution is 2.24. The zero-order chi connectivity index (χ0) is 13.0. The smallest absolute Gasteiger partial charge is 0.253 e. The Labute approximate surface area is 108 Å². The third-order valence-electron chi connectivity index (χ3n) is 3.61. The van der Waals surface area contributed by atoms with Crippen LogP contribution in [0.3, 0.4) is 0 Å². The molecule has 0 saturated heterocycles. The average Bonchev–Trinajstić information content (AvgIpc) is 2.38. The van der Waals surface area contributed by atoms with E-state index < -0.39 is 0 Å². The van der Waals surface area contributed by atoms with Gasteiger partial charge in [0.15, 0.2) is 0 Å². The van der Waals surface area contributed by atoms with Crippen molar-refractivity contribution in [1.82, 2.24) is 10.3 Å². The number of carbonyl (C=O) groups is 1. The number of nitrogens with zero attached hydrogens (tertiary/aromatic N) is 1. The zero-order valence-electron chi connectivity index (χ0n) is 11.1. The molecular weight excluding hydrogens is 226 g/mol. The molecule has 18 heavy (non-hydrogen) atoms. The van der Waals surface area contributed by atoms with Crippen molar-refractivity contribution in [3.63, 3.8) is 0 Å². The first-order valence-corrected chi connectivity index (χ1v) is 6.63. The molecule has 2 N–H and O–H groups in total. The van der Waals surface area contributed by atoms with Crippen LogP contribution in [0.5, 0.6) is 0 Å². The van der Waals surface area contributed by atoms with Crippen LogP contribution in [-0.4, -0.2) is 24.0 Å². The van der Waals surface area contributed by atoms with Gasteiger partial charge in [-0.2, -0.15) is 0 Å². The monoisotopic (exact) mass is 247 g/mol. The number of carbonyl (C=O) groups excluding carboxylic acids is 1. The van der Waals surface area contributed by atoms with Crippen molar-refractivity contribution in [2.75, 3.05) is 12.4 Å². The summed E-state index contributed by atoms with van der Waals surface area (Å²) in [6, 6.07) is 2.08. The molecule has 0 radical (unpaired) electrons. The number of rotatable bonds is 3. The SMILES string of the molecule is CNc1cnccc1C(=O)NC1CCCC(C)C1. The predicted octanol–water partition coefficient (Wildman–Crippen LogP) is 2.43. The summed E-state index contributed by atoms with van der Waals surface area (Å²) in [5.74, 6) is 0.714. The van der Waals surface area contributed by atoms with Crippen molar-refractivity contribution in [2.24, 2.45) is 5.92 Å². The summed E-state index contributed by atoms with van der Waals surface area (Å²) in [6.07, 6.45) is 8.00. The van der Waals surface area contributed by atoms with Crippen molar-refractivity contribution in [1.29, 1.82) is 0 Å². The number of anilines is 1. The Morgan fingerprint density at radius 1 is 1.44 bits per heavy atom. The first-order chi connectivity index (χ1) is 8.70. The van der Waals surface area contributed by atoms with Crippen LogP contribution in [0.4, 0.5) is 5.69 Å². The molecule has 0 aliphatic heterocycles. The molecule has 1 aromatic rings. The fraction of sp³-hybridized carbons (Fsp3) is 0.571. The lowest BCUT2D eigenvalue weighted by molar-refractivity contribution is 0.0922. The van der Waals surface area contributed by atoms with Gasteiger partial charge in [0.25, 0.3) is 5.91 Å². The molecule has 1 fully saturated rings. The van der Waals surface area contributed by atoms with E-state index >= 15 is 0 Å². The summed E-state index contributed by atoms with van der Waals surface area (Å²) in [6.45, 7) is 2.25. The number of hydrogen-bond acceptors (Lipinski definition) is 3. The molecule has 0 aromatic carbocycles. The van der Waals surface area contributed by atoms with Crippen molar-refractivity contribution >= 4 is 11.6 Å². The van der Waals surface area contributed by atoms with Crippen LogP contribution in [0.25, 0.3) is 0 Å². The van der Waals surface area contributed by atoms with Gasteiger partial charge in [-0.05, 0) is 24.8 Å². The summed E-state index contributed by atoms with van der Waals surface area (Å²) in [7, 11) is 1.80. The van der Waals surface area contributed by atoms with Crippen LogP contribution in [0.2, 0.25) is 0 Å². The van der Waals surface area contributed by atoms with Crippen LogP contribution in [0.15, 0.2) is 18.5 Å². The third-order valence-corrected chi connectivity index (χ3v) is 3.61.